The summed E-state index contributed by atoms with van der Waals surface area (Å²) >= 11 is 5.85. The zero-order valence-corrected chi connectivity index (χ0v) is 17.0. The van der Waals surface area contributed by atoms with Gasteiger partial charge >= 0.3 is 0 Å². The first kappa shape index (κ1) is 20.8. The van der Waals surface area contributed by atoms with Gasteiger partial charge in [0.05, 0.1) is 22.8 Å². The molecule has 0 atom stereocenters. The summed E-state index contributed by atoms with van der Waals surface area (Å²) in [5, 5.41) is 13.9. The van der Waals surface area contributed by atoms with Gasteiger partial charge in [-0.05, 0) is 25.2 Å². The molecule has 2 aromatic carbocycles. The molecule has 0 radical (unpaired) electrons. The molecule has 0 aliphatic rings. The van der Waals surface area contributed by atoms with E-state index in [1.807, 2.05) is 0 Å². The Morgan fingerprint density at radius 3 is 2.72 bits per heavy atom. The quantitative estimate of drug-likeness (QED) is 0.639. The SMILES string of the molecule is CN(CC(=O)N(C)C)Cc1cc2c(Nc3cccc(Cl)c3F)ncnc2cc1O. The van der Waals surface area contributed by atoms with Crippen LogP contribution in [0.4, 0.5) is 15.9 Å². The summed E-state index contributed by atoms with van der Waals surface area (Å²) in [6, 6.07) is 7.89. The van der Waals surface area contributed by atoms with Crippen LogP contribution in [0.3, 0.4) is 0 Å². The van der Waals surface area contributed by atoms with Crippen LogP contribution in [0.5, 0.6) is 5.75 Å². The number of phenolic OH excluding ortho intramolecular Hbond substituents is 1. The highest BCUT2D eigenvalue weighted by Gasteiger charge is 2.15. The number of nitrogens with one attached hydrogen (secondary N) is 1. The molecule has 3 rings (SSSR count). The maximum atomic E-state index is 14.3. The van der Waals surface area contributed by atoms with Crippen molar-refractivity contribution < 1.29 is 14.3 Å². The van der Waals surface area contributed by atoms with Crippen LogP contribution in [-0.4, -0.2) is 58.5 Å². The van der Waals surface area contributed by atoms with E-state index in [9.17, 15) is 14.3 Å². The van der Waals surface area contributed by atoms with Crippen molar-refractivity contribution in [3.05, 3.63) is 53.1 Å². The van der Waals surface area contributed by atoms with Crippen molar-refractivity contribution >= 4 is 39.9 Å². The minimum Gasteiger partial charge on any atom is -0.508 e. The van der Waals surface area contributed by atoms with Crippen molar-refractivity contribution in [2.75, 3.05) is 33.0 Å². The highest BCUT2D eigenvalue weighted by molar-refractivity contribution is 6.31. The number of aromatic nitrogens is 2. The van der Waals surface area contributed by atoms with Crippen molar-refractivity contribution in [1.29, 1.82) is 0 Å². The summed E-state index contributed by atoms with van der Waals surface area (Å²) in [7, 11) is 5.16. The fourth-order valence-corrected chi connectivity index (χ4v) is 2.98. The lowest BCUT2D eigenvalue weighted by molar-refractivity contribution is -0.129. The molecule has 0 bridgehead atoms. The molecule has 7 nitrogen and oxygen atoms in total. The molecular formula is C20H21ClFN5O2. The predicted octanol–water partition coefficient (Wildman–Crippen LogP) is 3.39. The Balaban J connectivity index is 1.94. The minimum absolute atomic E-state index is 0.00104. The third-order valence-corrected chi connectivity index (χ3v) is 4.68. The molecule has 29 heavy (non-hydrogen) atoms. The number of benzene rings is 2. The van der Waals surface area contributed by atoms with E-state index in [1.165, 1.54) is 23.4 Å². The zero-order chi connectivity index (χ0) is 21.1. The normalized spacial score (nSPS) is 11.1. The monoisotopic (exact) mass is 417 g/mol. The lowest BCUT2D eigenvalue weighted by atomic mass is 10.1. The zero-order valence-electron chi connectivity index (χ0n) is 16.3. The first-order valence-electron chi connectivity index (χ1n) is 8.82. The van der Waals surface area contributed by atoms with Gasteiger partial charge in [-0.3, -0.25) is 9.69 Å². The Bertz CT molecular complexity index is 1060. The lowest BCUT2D eigenvalue weighted by Gasteiger charge is -2.20. The number of likely N-dealkylation sites (N-methyl/N-ethyl adjacent to an activating group) is 2. The molecule has 1 aromatic heterocycles. The van der Waals surface area contributed by atoms with E-state index in [1.54, 1.807) is 44.2 Å². The highest BCUT2D eigenvalue weighted by Crippen LogP contribution is 2.31. The average molecular weight is 418 g/mol. The minimum atomic E-state index is -0.582. The van der Waals surface area contributed by atoms with E-state index in [4.69, 9.17) is 11.6 Å². The van der Waals surface area contributed by atoms with Crippen molar-refractivity contribution in [3.8, 4) is 5.75 Å². The van der Waals surface area contributed by atoms with Crippen LogP contribution >= 0.6 is 11.6 Å². The highest BCUT2D eigenvalue weighted by atomic mass is 35.5. The molecule has 0 fully saturated rings. The van der Waals surface area contributed by atoms with Crippen LogP contribution in [0, 0.1) is 5.82 Å². The van der Waals surface area contributed by atoms with Crippen LogP contribution in [0.25, 0.3) is 10.9 Å². The smallest absolute Gasteiger partial charge is 0.236 e. The van der Waals surface area contributed by atoms with Gasteiger partial charge < -0.3 is 15.3 Å². The van der Waals surface area contributed by atoms with Crippen molar-refractivity contribution in [2.45, 2.75) is 6.54 Å². The summed E-state index contributed by atoms with van der Waals surface area (Å²) in [5.41, 5.74) is 1.27. The maximum Gasteiger partial charge on any atom is 0.236 e. The van der Waals surface area contributed by atoms with E-state index >= 15 is 0 Å². The van der Waals surface area contributed by atoms with Gasteiger partial charge in [-0.15, -0.1) is 0 Å². The van der Waals surface area contributed by atoms with Gasteiger partial charge in [-0.25, -0.2) is 14.4 Å². The van der Waals surface area contributed by atoms with Crippen molar-refractivity contribution in [2.24, 2.45) is 0 Å². The van der Waals surface area contributed by atoms with E-state index in [-0.39, 0.29) is 28.9 Å². The first-order chi connectivity index (χ1) is 13.8. The molecule has 0 saturated heterocycles. The van der Waals surface area contributed by atoms with Gasteiger partial charge in [-0.2, -0.15) is 0 Å². The van der Waals surface area contributed by atoms with E-state index in [0.29, 0.717) is 28.8 Å². The Morgan fingerprint density at radius 2 is 2.00 bits per heavy atom. The molecule has 0 aliphatic carbocycles. The van der Waals surface area contributed by atoms with Gasteiger partial charge in [0.2, 0.25) is 5.91 Å². The number of hydrogen-bond donors (Lipinski definition) is 2. The number of fused-ring (bicyclic) bond motifs is 1. The third-order valence-electron chi connectivity index (χ3n) is 4.38. The van der Waals surface area contributed by atoms with Gasteiger partial charge in [0, 0.05) is 37.7 Å². The summed E-state index contributed by atoms with van der Waals surface area (Å²) < 4.78 is 14.3. The molecular weight excluding hydrogens is 397 g/mol. The molecule has 1 amide bonds. The summed E-state index contributed by atoms with van der Waals surface area (Å²) in [5.74, 6) is -0.193. The Labute approximate surface area is 172 Å². The van der Waals surface area contributed by atoms with E-state index in [2.05, 4.69) is 15.3 Å². The van der Waals surface area contributed by atoms with Crippen LogP contribution in [0.1, 0.15) is 5.56 Å². The van der Waals surface area contributed by atoms with Gasteiger partial charge in [0.1, 0.15) is 17.9 Å². The van der Waals surface area contributed by atoms with Crippen molar-refractivity contribution in [3.63, 3.8) is 0 Å². The van der Waals surface area contributed by atoms with Crippen LogP contribution in [0.15, 0.2) is 36.7 Å². The Morgan fingerprint density at radius 1 is 1.24 bits per heavy atom. The summed E-state index contributed by atoms with van der Waals surface area (Å²) in [6.45, 7) is 0.538. The fraction of sp³-hybridized carbons (Fsp3) is 0.250. The number of rotatable bonds is 6. The summed E-state index contributed by atoms with van der Waals surface area (Å²) in [4.78, 5) is 23.6. The second kappa shape index (κ2) is 8.59. The summed E-state index contributed by atoms with van der Waals surface area (Å²) in [6.07, 6.45) is 1.33. The first-order valence-corrected chi connectivity index (χ1v) is 9.20. The lowest BCUT2D eigenvalue weighted by Crippen LogP contribution is -2.34. The van der Waals surface area contributed by atoms with E-state index in [0.717, 1.165) is 0 Å². The number of aromatic hydroxyl groups is 1. The van der Waals surface area contributed by atoms with Gasteiger partial charge in [0.25, 0.3) is 0 Å². The average Bonchev–Trinajstić information content (AvgIpc) is 2.66. The topological polar surface area (TPSA) is 81.6 Å². The predicted molar refractivity (Wildman–Crippen MR) is 111 cm³/mol. The number of nitrogens with zero attached hydrogens (tertiary/aromatic N) is 4. The fourth-order valence-electron chi connectivity index (χ4n) is 2.81. The molecule has 1 heterocycles. The molecule has 0 aliphatic heterocycles. The van der Waals surface area contributed by atoms with Crippen LogP contribution in [0.2, 0.25) is 5.02 Å². The van der Waals surface area contributed by atoms with Crippen molar-refractivity contribution in [1.82, 2.24) is 19.8 Å². The molecule has 9 heteroatoms. The molecule has 2 N–H and O–H groups in total. The maximum absolute atomic E-state index is 14.3. The van der Waals surface area contributed by atoms with Crippen LogP contribution in [-0.2, 0) is 11.3 Å². The number of carbonyl (C=O) groups is 1. The number of amides is 1. The molecule has 0 spiro atoms. The van der Waals surface area contributed by atoms with Crippen LogP contribution < -0.4 is 5.32 Å². The number of phenols is 1. The number of carbonyl (C=O) groups excluding carboxylic acids is 1. The Kier molecular flexibility index (Phi) is 6.14. The second-order valence-corrected chi connectivity index (χ2v) is 7.31. The number of hydrogen-bond acceptors (Lipinski definition) is 6. The Hall–Kier alpha value is -2.97. The number of halogens is 2. The molecule has 152 valence electrons. The van der Waals surface area contributed by atoms with Gasteiger partial charge in [-0.1, -0.05) is 17.7 Å². The van der Waals surface area contributed by atoms with E-state index < -0.39 is 5.82 Å². The molecule has 0 unspecified atom stereocenters. The molecule has 3 aromatic rings. The second-order valence-electron chi connectivity index (χ2n) is 6.91. The third kappa shape index (κ3) is 4.72. The number of anilines is 2. The standard InChI is InChI=1S/C20H21ClFN5O2/c1-26(2)18(29)10-27(3)9-12-7-13-16(8-17(12)28)23-11-24-20(13)25-15-6-4-5-14(21)19(15)22/h4-8,11,28H,9-10H2,1-3H3,(H,23,24,25). The van der Waals surface area contributed by atoms with Gasteiger partial charge in [0.15, 0.2) is 5.82 Å². The molecule has 0 saturated carbocycles. The largest absolute Gasteiger partial charge is 0.508 e.